The SMILES string of the molecule is NC(=O)c1cc(-c2cccc(CCO)c2)cc2c(C3CCS(=O)(=O)CC3)c[nH]c12. The van der Waals surface area contributed by atoms with Crippen molar-refractivity contribution in [1.82, 2.24) is 4.98 Å². The smallest absolute Gasteiger partial charge is 0.250 e. The van der Waals surface area contributed by atoms with Crippen LogP contribution >= 0.6 is 0 Å². The Morgan fingerprint density at radius 3 is 2.59 bits per heavy atom. The average molecular weight is 413 g/mol. The Kier molecular flexibility index (Phi) is 5.19. The Bertz CT molecular complexity index is 1170. The van der Waals surface area contributed by atoms with Crippen LogP contribution in [0.3, 0.4) is 0 Å². The fourth-order valence-corrected chi connectivity index (χ4v) is 5.68. The van der Waals surface area contributed by atoms with E-state index >= 15 is 0 Å². The highest BCUT2D eigenvalue weighted by molar-refractivity contribution is 7.91. The second-order valence-corrected chi connectivity index (χ2v) is 9.96. The van der Waals surface area contributed by atoms with E-state index in [4.69, 9.17) is 5.73 Å². The highest BCUT2D eigenvalue weighted by Crippen LogP contribution is 2.37. The van der Waals surface area contributed by atoms with E-state index in [1.165, 1.54) is 0 Å². The normalized spacial score (nSPS) is 16.9. The summed E-state index contributed by atoms with van der Waals surface area (Å²) in [6.07, 6.45) is 3.60. The van der Waals surface area contributed by atoms with Gasteiger partial charge >= 0.3 is 0 Å². The van der Waals surface area contributed by atoms with Crippen LogP contribution in [0.1, 0.15) is 40.2 Å². The maximum Gasteiger partial charge on any atom is 0.250 e. The molecular weight excluding hydrogens is 388 g/mol. The molecule has 1 amide bonds. The van der Waals surface area contributed by atoms with Crippen molar-refractivity contribution in [3.05, 3.63) is 59.3 Å². The molecular formula is C22H24N2O4S. The molecule has 0 spiro atoms. The molecule has 3 aromatic rings. The van der Waals surface area contributed by atoms with E-state index in [0.29, 0.717) is 30.3 Å². The molecule has 6 nitrogen and oxygen atoms in total. The lowest BCUT2D eigenvalue weighted by Crippen LogP contribution is -2.22. The quantitative estimate of drug-likeness (QED) is 0.598. The molecule has 0 atom stereocenters. The zero-order chi connectivity index (χ0) is 20.6. The number of amides is 1. The van der Waals surface area contributed by atoms with Gasteiger partial charge in [0.25, 0.3) is 5.91 Å². The maximum atomic E-state index is 12.1. The minimum Gasteiger partial charge on any atom is -0.396 e. The third-order valence-corrected chi connectivity index (χ3v) is 7.46. The summed E-state index contributed by atoms with van der Waals surface area (Å²) < 4.78 is 23.6. The molecule has 29 heavy (non-hydrogen) atoms. The number of carbonyl (C=O) groups excluding carboxylic acids is 1. The van der Waals surface area contributed by atoms with Gasteiger partial charge in [0.05, 0.1) is 22.6 Å². The van der Waals surface area contributed by atoms with Crippen LogP contribution in [0.15, 0.2) is 42.6 Å². The number of fused-ring (bicyclic) bond motifs is 1. The largest absolute Gasteiger partial charge is 0.396 e. The van der Waals surface area contributed by atoms with Crippen molar-refractivity contribution < 1.29 is 18.3 Å². The van der Waals surface area contributed by atoms with Crippen LogP contribution in [-0.4, -0.2) is 42.5 Å². The number of aromatic nitrogens is 1. The zero-order valence-electron chi connectivity index (χ0n) is 16.0. The lowest BCUT2D eigenvalue weighted by Gasteiger charge is -2.21. The van der Waals surface area contributed by atoms with Crippen LogP contribution in [-0.2, 0) is 16.3 Å². The summed E-state index contributed by atoms with van der Waals surface area (Å²) in [5.41, 5.74) is 10.6. The maximum absolute atomic E-state index is 12.1. The van der Waals surface area contributed by atoms with Gasteiger partial charge in [-0.05, 0) is 59.6 Å². The predicted molar refractivity (Wildman–Crippen MR) is 114 cm³/mol. The van der Waals surface area contributed by atoms with Gasteiger partial charge in [0.15, 0.2) is 0 Å². The first-order chi connectivity index (χ1) is 13.9. The van der Waals surface area contributed by atoms with Gasteiger partial charge in [-0.3, -0.25) is 4.79 Å². The topological polar surface area (TPSA) is 113 Å². The molecule has 0 radical (unpaired) electrons. The van der Waals surface area contributed by atoms with Crippen molar-refractivity contribution in [2.45, 2.75) is 25.2 Å². The number of hydrogen-bond acceptors (Lipinski definition) is 4. The summed E-state index contributed by atoms with van der Waals surface area (Å²) >= 11 is 0. The minimum absolute atomic E-state index is 0.0710. The molecule has 1 aliphatic heterocycles. The molecule has 0 saturated carbocycles. The lowest BCUT2D eigenvalue weighted by molar-refractivity contribution is 0.100. The Morgan fingerprint density at radius 1 is 1.14 bits per heavy atom. The van der Waals surface area contributed by atoms with Gasteiger partial charge in [-0.25, -0.2) is 8.42 Å². The summed E-state index contributed by atoms with van der Waals surface area (Å²) in [5.74, 6) is -0.00167. The van der Waals surface area contributed by atoms with E-state index in [-0.39, 0.29) is 24.0 Å². The average Bonchev–Trinajstić information content (AvgIpc) is 3.11. The van der Waals surface area contributed by atoms with Gasteiger partial charge in [-0.1, -0.05) is 24.3 Å². The van der Waals surface area contributed by atoms with Crippen LogP contribution < -0.4 is 5.73 Å². The fourth-order valence-electron chi connectivity index (χ4n) is 4.19. The molecule has 1 aromatic heterocycles. The van der Waals surface area contributed by atoms with E-state index < -0.39 is 15.7 Å². The molecule has 1 fully saturated rings. The highest BCUT2D eigenvalue weighted by atomic mass is 32.2. The van der Waals surface area contributed by atoms with Crippen LogP contribution in [0.4, 0.5) is 0 Å². The van der Waals surface area contributed by atoms with Crippen molar-refractivity contribution in [3.63, 3.8) is 0 Å². The minimum atomic E-state index is -2.95. The summed E-state index contributed by atoms with van der Waals surface area (Å²) in [5, 5.41) is 10.1. The van der Waals surface area contributed by atoms with E-state index in [0.717, 1.165) is 27.6 Å². The summed E-state index contributed by atoms with van der Waals surface area (Å²) in [7, 11) is -2.95. The molecule has 2 aromatic carbocycles. The number of aliphatic hydroxyl groups is 1. The predicted octanol–water partition coefficient (Wildman–Crippen LogP) is 2.76. The van der Waals surface area contributed by atoms with E-state index in [2.05, 4.69) is 4.98 Å². The number of nitrogens with two attached hydrogens (primary N) is 1. The second-order valence-electron chi connectivity index (χ2n) is 7.65. The number of sulfone groups is 1. The second kappa shape index (κ2) is 7.65. The lowest BCUT2D eigenvalue weighted by atomic mass is 9.90. The van der Waals surface area contributed by atoms with E-state index in [1.807, 2.05) is 36.5 Å². The molecule has 7 heteroatoms. The molecule has 2 heterocycles. The standard InChI is InChI=1S/C22H24N2O4S/c23-22(26)19-12-17(16-3-1-2-14(10-16)4-7-25)11-18-20(13-24-21(18)19)15-5-8-29(27,28)9-6-15/h1-3,10-13,15,24-25H,4-9H2,(H2,23,26). The fraction of sp³-hybridized carbons (Fsp3) is 0.318. The third-order valence-electron chi connectivity index (χ3n) is 5.74. The first kappa shape index (κ1) is 19.7. The van der Waals surface area contributed by atoms with Crippen LogP contribution in [0.2, 0.25) is 0 Å². The first-order valence-corrected chi connectivity index (χ1v) is 11.6. The molecule has 152 valence electrons. The summed E-state index contributed by atoms with van der Waals surface area (Å²) in [6.45, 7) is 0.0710. The monoisotopic (exact) mass is 412 g/mol. The van der Waals surface area contributed by atoms with Gasteiger partial charge in [-0.15, -0.1) is 0 Å². The van der Waals surface area contributed by atoms with Crippen molar-refractivity contribution in [2.75, 3.05) is 18.1 Å². The van der Waals surface area contributed by atoms with Gasteiger partial charge in [0.2, 0.25) is 0 Å². The molecule has 0 bridgehead atoms. The molecule has 4 rings (SSSR count). The Balaban J connectivity index is 1.83. The molecule has 4 N–H and O–H groups in total. The number of nitrogens with one attached hydrogen (secondary N) is 1. The van der Waals surface area contributed by atoms with Crippen molar-refractivity contribution in [1.29, 1.82) is 0 Å². The van der Waals surface area contributed by atoms with Gasteiger partial charge < -0.3 is 15.8 Å². The number of benzene rings is 2. The van der Waals surface area contributed by atoms with Gasteiger partial charge in [-0.2, -0.15) is 0 Å². The number of aliphatic hydroxyl groups excluding tert-OH is 1. The van der Waals surface area contributed by atoms with Gasteiger partial charge in [0, 0.05) is 18.2 Å². The first-order valence-electron chi connectivity index (χ1n) is 9.73. The van der Waals surface area contributed by atoms with Crippen LogP contribution in [0.5, 0.6) is 0 Å². The number of aromatic amines is 1. The van der Waals surface area contributed by atoms with Crippen molar-refractivity contribution in [3.8, 4) is 11.1 Å². The van der Waals surface area contributed by atoms with Crippen molar-refractivity contribution in [2.24, 2.45) is 5.73 Å². The molecule has 1 aliphatic rings. The Labute approximate surface area is 169 Å². The van der Waals surface area contributed by atoms with Crippen molar-refractivity contribution >= 4 is 26.6 Å². The number of primary amides is 1. The van der Waals surface area contributed by atoms with E-state index in [9.17, 15) is 18.3 Å². The molecule has 0 aliphatic carbocycles. The van der Waals surface area contributed by atoms with Gasteiger partial charge in [0.1, 0.15) is 9.84 Å². The highest BCUT2D eigenvalue weighted by Gasteiger charge is 2.27. The number of H-pyrrole nitrogens is 1. The number of hydrogen-bond donors (Lipinski definition) is 3. The Hall–Kier alpha value is -2.64. The number of carbonyl (C=O) groups is 1. The Morgan fingerprint density at radius 2 is 1.90 bits per heavy atom. The van der Waals surface area contributed by atoms with Crippen LogP contribution in [0, 0.1) is 0 Å². The molecule has 0 unspecified atom stereocenters. The van der Waals surface area contributed by atoms with E-state index in [1.54, 1.807) is 6.07 Å². The van der Waals surface area contributed by atoms with Crippen LogP contribution in [0.25, 0.3) is 22.0 Å². The zero-order valence-corrected chi connectivity index (χ0v) is 16.8. The number of rotatable bonds is 5. The summed E-state index contributed by atoms with van der Waals surface area (Å²) in [6, 6.07) is 11.7. The summed E-state index contributed by atoms with van der Waals surface area (Å²) in [4.78, 5) is 15.3. The third kappa shape index (κ3) is 3.93. The molecule has 1 saturated heterocycles.